The van der Waals surface area contributed by atoms with Crippen LogP contribution in [0.1, 0.15) is 0 Å². The summed E-state index contributed by atoms with van der Waals surface area (Å²) >= 11 is 0. The predicted octanol–water partition coefficient (Wildman–Crippen LogP) is 3.80. The second-order valence-electron chi connectivity index (χ2n) is 5.21. The SMILES string of the molecule is COc1nc2c(-c3cccc4ccccc34)nccc2n1C. The number of aryl methyl sites for hydroxylation is 1. The second kappa shape index (κ2) is 4.84. The highest BCUT2D eigenvalue weighted by atomic mass is 16.5. The van der Waals surface area contributed by atoms with Gasteiger partial charge in [0.15, 0.2) is 0 Å². The van der Waals surface area contributed by atoms with E-state index in [9.17, 15) is 0 Å². The first-order chi connectivity index (χ1) is 10.8. The van der Waals surface area contributed by atoms with E-state index < -0.39 is 0 Å². The molecule has 0 fully saturated rings. The summed E-state index contributed by atoms with van der Waals surface area (Å²) in [4.78, 5) is 9.18. The van der Waals surface area contributed by atoms with Crippen LogP contribution < -0.4 is 4.74 Å². The zero-order chi connectivity index (χ0) is 15.1. The first kappa shape index (κ1) is 12.8. The van der Waals surface area contributed by atoms with Gasteiger partial charge in [-0.15, -0.1) is 0 Å². The molecule has 0 aliphatic carbocycles. The minimum atomic E-state index is 0.587. The molecule has 0 saturated carbocycles. The Morgan fingerprint density at radius 2 is 1.82 bits per heavy atom. The molecule has 4 heteroatoms. The Bertz CT molecular complexity index is 983. The fourth-order valence-corrected chi connectivity index (χ4v) is 2.91. The van der Waals surface area contributed by atoms with Crippen LogP contribution in [0.4, 0.5) is 0 Å². The maximum atomic E-state index is 5.33. The van der Waals surface area contributed by atoms with Crippen molar-refractivity contribution in [3.05, 3.63) is 54.7 Å². The third kappa shape index (κ3) is 1.77. The van der Waals surface area contributed by atoms with Gasteiger partial charge in [-0.1, -0.05) is 42.5 Å². The van der Waals surface area contributed by atoms with Gasteiger partial charge in [0.05, 0.1) is 18.3 Å². The van der Waals surface area contributed by atoms with Crippen LogP contribution in [0.25, 0.3) is 33.1 Å². The molecule has 0 bridgehead atoms. The van der Waals surface area contributed by atoms with Crippen LogP contribution in [-0.2, 0) is 7.05 Å². The first-order valence-corrected chi connectivity index (χ1v) is 7.13. The molecular formula is C18H15N3O. The number of ether oxygens (including phenoxy) is 1. The van der Waals surface area contributed by atoms with Gasteiger partial charge in [0, 0.05) is 18.8 Å². The van der Waals surface area contributed by atoms with Crippen LogP contribution in [0, 0.1) is 0 Å². The molecule has 0 amide bonds. The molecule has 4 nitrogen and oxygen atoms in total. The monoisotopic (exact) mass is 289 g/mol. The highest BCUT2D eigenvalue weighted by Gasteiger charge is 2.15. The Morgan fingerprint density at radius 1 is 1.00 bits per heavy atom. The quantitative estimate of drug-likeness (QED) is 0.563. The number of hydrogen-bond acceptors (Lipinski definition) is 3. The average molecular weight is 289 g/mol. The lowest BCUT2D eigenvalue weighted by Gasteiger charge is -2.06. The van der Waals surface area contributed by atoms with E-state index in [4.69, 9.17) is 4.74 Å². The topological polar surface area (TPSA) is 39.9 Å². The number of hydrogen-bond donors (Lipinski definition) is 0. The van der Waals surface area contributed by atoms with Crippen molar-refractivity contribution in [2.75, 3.05) is 7.11 Å². The van der Waals surface area contributed by atoms with Gasteiger partial charge in [-0.25, -0.2) is 0 Å². The Kier molecular flexibility index (Phi) is 2.82. The Balaban J connectivity index is 2.09. The van der Waals surface area contributed by atoms with E-state index >= 15 is 0 Å². The van der Waals surface area contributed by atoms with Crippen LogP contribution in [0.5, 0.6) is 6.01 Å². The van der Waals surface area contributed by atoms with Crippen LogP contribution in [0.15, 0.2) is 54.7 Å². The molecule has 2 aromatic heterocycles. The summed E-state index contributed by atoms with van der Waals surface area (Å²) in [6, 6.07) is 17.1. The number of pyridine rings is 1. The van der Waals surface area contributed by atoms with E-state index in [1.54, 1.807) is 7.11 Å². The van der Waals surface area contributed by atoms with Gasteiger partial charge < -0.3 is 4.74 Å². The van der Waals surface area contributed by atoms with E-state index in [1.807, 2.05) is 36.0 Å². The maximum absolute atomic E-state index is 5.33. The molecular weight excluding hydrogens is 274 g/mol. The van der Waals surface area contributed by atoms with E-state index in [1.165, 1.54) is 10.8 Å². The van der Waals surface area contributed by atoms with Crippen molar-refractivity contribution in [1.82, 2.24) is 14.5 Å². The van der Waals surface area contributed by atoms with Crippen LogP contribution in [-0.4, -0.2) is 21.6 Å². The number of fused-ring (bicyclic) bond motifs is 2. The number of rotatable bonds is 2. The number of imidazole rings is 1. The smallest absolute Gasteiger partial charge is 0.296 e. The molecule has 0 aliphatic heterocycles. The third-order valence-corrected chi connectivity index (χ3v) is 3.99. The van der Waals surface area contributed by atoms with Gasteiger partial charge >= 0.3 is 0 Å². The van der Waals surface area contributed by atoms with Gasteiger partial charge in [0.25, 0.3) is 6.01 Å². The number of benzene rings is 2. The summed E-state index contributed by atoms with van der Waals surface area (Å²) in [5.74, 6) is 0. The molecule has 0 unspecified atom stereocenters. The predicted molar refractivity (Wildman–Crippen MR) is 88.0 cm³/mol. The van der Waals surface area contributed by atoms with Gasteiger partial charge in [-0.2, -0.15) is 4.98 Å². The van der Waals surface area contributed by atoms with Crippen LogP contribution in [0.2, 0.25) is 0 Å². The fourth-order valence-electron chi connectivity index (χ4n) is 2.91. The van der Waals surface area contributed by atoms with Gasteiger partial charge in [-0.3, -0.25) is 9.55 Å². The third-order valence-electron chi connectivity index (χ3n) is 3.99. The minimum absolute atomic E-state index is 0.587. The highest BCUT2D eigenvalue weighted by molar-refractivity contribution is 6.02. The average Bonchev–Trinajstić information content (AvgIpc) is 2.91. The van der Waals surface area contributed by atoms with Gasteiger partial charge in [0.1, 0.15) is 5.52 Å². The zero-order valence-electron chi connectivity index (χ0n) is 12.4. The standard InChI is InChI=1S/C18H15N3O/c1-21-15-10-11-19-16(17(15)20-18(21)22-2)14-9-5-7-12-6-3-4-8-13(12)14/h3-11H,1-2H3. The normalized spacial score (nSPS) is 11.2. The van der Waals surface area contributed by atoms with Crippen molar-refractivity contribution in [3.63, 3.8) is 0 Å². The van der Waals surface area contributed by atoms with Gasteiger partial charge in [0.2, 0.25) is 0 Å². The Morgan fingerprint density at radius 3 is 2.68 bits per heavy atom. The highest BCUT2D eigenvalue weighted by Crippen LogP contribution is 2.32. The van der Waals surface area contributed by atoms with Crippen LogP contribution in [0.3, 0.4) is 0 Å². The molecule has 0 N–H and O–H groups in total. The van der Waals surface area contributed by atoms with E-state index in [0.717, 1.165) is 22.3 Å². The van der Waals surface area contributed by atoms with Crippen molar-refractivity contribution in [3.8, 4) is 17.3 Å². The molecule has 2 heterocycles. The summed E-state index contributed by atoms with van der Waals surface area (Å²) in [7, 11) is 3.58. The molecule has 2 aromatic carbocycles. The molecule has 0 saturated heterocycles. The molecule has 0 atom stereocenters. The van der Waals surface area contributed by atoms with E-state index in [0.29, 0.717) is 6.01 Å². The summed E-state index contributed by atoms with van der Waals surface area (Å²) in [5.41, 5.74) is 3.84. The number of nitrogens with zero attached hydrogens (tertiary/aromatic N) is 3. The molecule has 0 spiro atoms. The molecule has 22 heavy (non-hydrogen) atoms. The summed E-state index contributed by atoms with van der Waals surface area (Å²) < 4.78 is 7.27. The largest absolute Gasteiger partial charge is 0.468 e. The summed E-state index contributed by atoms with van der Waals surface area (Å²) in [6.07, 6.45) is 1.82. The second-order valence-corrected chi connectivity index (χ2v) is 5.21. The number of aromatic nitrogens is 3. The molecule has 108 valence electrons. The lowest BCUT2D eigenvalue weighted by molar-refractivity contribution is 0.368. The zero-order valence-corrected chi connectivity index (χ0v) is 12.4. The minimum Gasteiger partial charge on any atom is -0.468 e. The Labute approximate surface area is 128 Å². The van der Waals surface area contributed by atoms with Crippen LogP contribution >= 0.6 is 0 Å². The van der Waals surface area contributed by atoms with Crippen molar-refractivity contribution >= 4 is 21.8 Å². The Hall–Kier alpha value is -2.88. The molecule has 4 rings (SSSR count). The first-order valence-electron chi connectivity index (χ1n) is 7.13. The molecule has 4 aromatic rings. The van der Waals surface area contributed by atoms with E-state index in [-0.39, 0.29) is 0 Å². The molecule has 0 aliphatic rings. The van der Waals surface area contributed by atoms with Crippen molar-refractivity contribution in [1.29, 1.82) is 0 Å². The fraction of sp³-hybridized carbons (Fsp3) is 0.111. The lowest BCUT2D eigenvalue weighted by atomic mass is 10.0. The van der Waals surface area contributed by atoms with Crippen molar-refractivity contribution in [2.24, 2.45) is 7.05 Å². The summed E-state index contributed by atoms with van der Waals surface area (Å²) in [5, 5.41) is 2.37. The van der Waals surface area contributed by atoms with Gasteiger partial charge in [-0.05, 0) is 16.8 Å². The maximum Gasteiger partial charge on any atom is 0.296 e. The summed E-state index contributed by atoms with van der Waals surface area (Å²) in [6.45, 7) is 0. The van der Waals surface area contributed by atoms with Crippen molar-refractivity contribution < 1.29 is 4.74 Å². The van der Waals surface area contributed by atoms with E-state index in [2.05, 4.69) is 40.3 Å². The molecule has 0 radical (unpaired) electrons. The lowest BCUT2D eigenvalue weighted by Crippen LogP contribution is -1.93. The van der Waals surface area contributed by atoms with Crippen molar-refractivity contribution in [2.45, 2.75) is 0 Å². The number of methoxy groups -OCH3 is 1.